The summed E-state index contributed by atoms with van der Waals surface area (Å²) in [6.45, 7) is 0. The van der Waals surface area contributed by atoms with Gasteiger partial charge in [0.2, 0.25) is 0 Å². The van der Waals surface area contributed by atoms with Crippen LogP contribution in [-0.2, 0) is 0 Å². The van der Waals surface area contributed by atoms with E-state index < -0.39 is 0 Å². The molecule has 0 unspecified atom stereocenters. The van der Waals surface area contributed by atoms with E-state index in [1.165, 1.54) is 87.6 Å². The van der Waals surface area contributed by atoms with E-state index in [0.717, 1.165) is 17.1 Å². The summed E-state index contributed by atoms with van der Waals surface area (Å²) in [4.78, 5) is 2.40. The zero-order valence-electron chi connectivity index (χ0n) is 32.5. The molecule has 0 N–H and O–H groups in total. The second kappa shape index (κ2) is 14.6. The van der Waals surface area contributed by atoms with Crippen molar-refractivity contribution >= 4 is 60.2 Å². The fourth-order valence-corrected chi connectivity index (χ4v) is 9.07. The van der Waals surface area contributed by atoms with Crippen LogP contribution in [-0.4, -0.2) is 0 Å². The van der Waals surface area contributed by atoms with Crippen molar-refractivity contribution in [1.29, 1.82) is 0 Å². The first-order valence-electron chi connectivity index (χ1n) is 20.3. The molecule has 276 valence electrons. The smallest absolute Gasteiger partial charge is 0.0540 e. The Bertz CT molecular complexity index is 3260. The van der Waals surface area contributed by atoms with Gasteiger partial charge in [0.05, 0.1) is 5.69 Å². The molecule has 0 aliphatic rings. The van der Waals surface area contributed by atoms with Crippen molar-refractivity contribution in [2.24, 2.45) is 0 Å². The van der Waals surface area contributed by atoms with Crippen LogP contribution in [0, 0.1) is 0 Å². The Hall–Kier alpha value is -7.74. The fraction of sp³-hybridized carbons (Fsp3) is 0. The topological polar surface area (TPSA) is 3.24 Å². The summed E-state index contributed by atoms with van der Waals surface area (Å²) in [7, 11) is 0. The average Bonchev–Trinajstić information content (AvgIpc) is 3.32. The maximum absolute atomic E-state index is 2.40. The molecule has 11 aromatic rings. The molecule has 11 aromatic carbocycles. The standard InChI is InChI=1S/C58H39N/c1-3-15-41(16-4-1)48-20-13-14-26-57(48)59(47-35-29-44(30-36-47)58-49-21-8-7-19-43(49)31-37-50(58)42-17-5-2-6-18-42)46-33-27-40(28-34-46)45-32-38-55-53-24-10-9-22-51(53)52-23-11-12-25-54(52)56(55)39-45/h1-39H. The van der Waals surface area contributed by atoms with Crippen LogP contribution in [0.4, 0.5) is 17.1 Å². The summed E-state index contributed by atoms with van der Waals surface area (Å²) >= 11 is 0. The van der Waals surface area contributed by atoms with Gasteiger partial charge >= 0.3 is 0 Å². The van der Waals surface area contributed by atoms with Gasteiger partial charge in [-0.15, -0.1) is 0 Å². The van der Waals surface area contributed by atoms with Crippen molar-refractivity contribution < 1.29 is 0 Å². The molecule has 0 heterocycles. The molecule has 0 saturated heterocycles. The van der Waals surface area contributed by atoms with E-state index in [1.54, 1.807) is 0 Å². The van der Waals surface area contributed by atoms with E-state index in [2.05, 4.69) is 241 Å². The Morgan fingerprint density at radius 3 is 1.32 bits per heavy atom. The Labute approximate surface area is 344 Å². The van der Waals surface area contributed by atoms with E-state index in [1.807, 2.05) is 0 Å². The Balaban J connectivity index is 1.04. The average molecular weight is 750 g/mol. The molecule has 0 aliphatic heterocycles. The van der Waals surface area contributed by atoms with E-state index in [9.17, 15) is 0 Å². The molecule has 0 spiro atoms. The first-order chi connectivity index (χ1) is 29.3. The first-order valence-corrected chi connectivity index (χ1v) is 20.3. The van der Waals surface area contributed by atoms with Crippen LogP contribution in [0.1, 0.15) is 0 Å². The lowest BCUT2D eigenvalue weighted by Gasteiger charge is -2.28. The molecule has 0 radical (unpaired) electrons. The monoisotopic (exact) mass is 749 g/mol. The van der Waals surface area contributed by atoms with Gasteiger partial charge in [-0.2, -0.15) is 0 Å². The number of hydrogen-bond acceptors (Lipinski definition) is 1. The highest BCUT2D eigenvalue weighted by atomic mass is 15.1. The quantitative estimate of drug-likeness (QED) is 0.147. The van der Waals surface area contributed by atoms with Gasteiger partial charge in [-0.1, -0.05) is 200 Å². The second-order valence-electron chi connectivity index (χ2n) is 15.2. The minimum Gasteiger partial charge on any atom is -0.310 e. The number of nitrogens with zero attached hydrogens (tertiary/aromatic N) is 1. The molecule has 59 heavy (non-hydrogen) atoms. The van der Waals surface area contributed by atoms with Gasteiger partial charge in [-0.3, -0.25) is 0 Å². The van der Waals surface area contributed by atoms with Crippen LogP contribution >= 0.6 is 0 Å². The molecule has 1 nitrogen and oxygen atoms in total. The lowest BCUT2D eigenvalue weighted by molar-refractivity contribution is 1.28. The SMILES string of the molecule is c1ccc(-c2ccccc2N(c2ccc(-c3ccc4c5ccccc5c5ccccc5c4c3)cc2)c2ccc(-c3c(-c4ccccc4)ccc4ccccc34)cc2)cc1. The van der Waals surface area contributed by atoms with Gasteiger partial charge in [-0.05, 0) is 118 Å². The highest BCUT2D eigenvalue weighted by Gasteiger charge is 2.19. The third-order valence-corrected chi connectivity index (χ3v) is 11.9. The molecular weight excluding hydrogens is 711 g/mol. The van der Waals surface area contributed by atoms with Crippen molar-refractivity contribution in [2.45, 2.75) is 0 Å². The molecule has 1 heteroatoms. The summed E-state index contributed by atoms with van der Waals surface area (Å²) in [5.41, 5.74) is 12.9. The van der Waals surface area contributed by atoms with E-state index in [-0.39, 0.29) is 0 Å². The minimum absolute atomic E-state index is 1.09. The second-order valence-corrected chi connectivity index (χ2v) is 15.2. The fourth-order valence-electron chi connectivity index (χ4n) is 9.07. The molecule has 0 bridgehead atoms. The number of rotatable bonds is 7. The Morgan fingerprint density at radius 2 is 0.695 bits per heavy atom. The van der Waals surface area contributed by atoms with Gasteiger partial charge in [0, 0.05) is 16.9 Å². The predicted molar refractivity (Wildman–Crippen MR) is 253 cm³/mol. The molecule has 0 amide bonds. The Kier molecular flexibility index (Phi) is 8.56. The molecule has 11 rings (SSSR count). The van der Waals surface area contributed by atoms with E-state index in [4.69, 9.17) is 0 Å². The van der Waals surface area contributed by atoms with Crippen molar-refractivity contribution in [2.75, 3.05) is 4.90 Å². The molecule has 0 fully saturated rings. The lowest BCUT2D eigenvalue weighted by atomic mass is 9.89. The van der Waals surface area contributed by atoms with Crippen LogP contribution in [0.5, 0.6) is 0 Å². The van der Waals surface area contributed by atoms with Crippen LogP contribution in [0.15, 0.2) is 237 Å². The predicted octanol–water partition coefficient (Wildman–Crippen LogP) is 16.4. The molecule has 0 aromatic heterocycles. The molecule has 0 atom stereocenters. The maximum atomic E-state index is 2.40. The van der Waals surface area contributed by atoms with E-state index >= 15 is 0 Å². The highest BCUT2D eigenvalue weighted by Crippen LogP contribution is 2.44. The van der Waals surface area contributed by atoms with Crippen LogP contribution in [0.3, 0.4) is 0 Å². The van der Waals surface area contributed by atoms with Gasteiger partial charge in [0.15, 0.2) is 0 Å². The number of benzene rings is 11. The third-order valence-electron chi connectivity index (χ3n) is 11.9. The number of anilines is 3. The van der Waals surface area contributed by atoms with Crippen molar-refractivity contribution in [3.8, 4) is 44.5 Å². The van der Waals surface area contributed by atoms with E-state index in [0.29, 0.717) is 0 Å². The number of fused-ring (bicyclic) bond motifs is 7. The first kappa shape index (κ1) is 34.5. The van der Waals surface area contributed by atoms with Crippen molar-refractivity contribution in [3.05, 3.63) is 237 Å². The maximum Gasteiger partial charge on any atom is 0.0540 e. The summed E-state index contributed by atoms with van der Waals surface area (Å²) in [5, 5.41) is 10.2. The largest absolute Gasteiger partial charge is 0.310 e. The van der Waals surface area contributed by atoms with Crippen LogP contribution in [0.25, 0.3) is 87.6 Å². The lowest BCUT2D eigenvalue weighted by Crippen LogP contribution is -2.11. The normalized spacial score (nSPS) is 11.4. The molecule has 0 aliphatic carbocycles. The van der Waals surface area contributed by atoms with Gasteiger partial charge < -0.3 is 4.90 Å². The summed E-state index contributed by atoms with van der Waals surface area (Å²) < 4.78 is 0. The minimum atomic E-state index is 1.09. The molecular formula is C58H39N. The number of hydrogen-bond donors (Lipinski definition) is 0. The summed E-state index contributed by atoms with van der Waals surface area (Å²) in [5.74, 6) is 0. The van der Waals surface area contributed by atoms with Crippen molar-refractivity contribution in [1.82, 2.24) is 0 Å². The van der Waals surface area contributed by atoms with Gasteiger partial charge in [-0.25, -0.2) is 0 Å². The number of para-hydroxylation sites is 1. The summed E-state index contributed by atoms with van der Waals surface area (Å²) in [6.07, 6.45) is 0. The zero-order valence-corrected chi connectivity index (χ0v) is 32.5. The van der Waals surface area contributed by atoms with Crippen LogP contribution < -0.4 is 4.90 Å². The zero-order chi connectivity index (χ0) is 39.1. The summed E-state index contributed by atoms with van der Waals surface area (Å²) in [6, 6.07) is 86.1. The third kappa shape index (κ3) is 6.12. The van der Waals surface area contributed by atoms with Crippen molar-refractivity contribution in [3.63, 3.8) is 0 Å². The van der Waals surface area contributed by atoms with Crippen LogP contribution in [0.2, 0.25) is 0 Å². The highest BCUT2D eigenvalue weighted by molar-refractivity contribution is 6.25. The van der Waals surface area contributed by atoms with Gasteiger partial charge in [0.25, 0.3) is 0 Å². The van der Waals surface area contributed by atoms with Gasteiger partial charge in [0.1, 0.15) is 0 Å². The Morgan fingerprint density at radius 1 is 0.237 bits per heavy atom. The molecule has 0 saturated carbocycles.